The Hall–Kier alpha value is -2.35. The van der Waals surface area contributed by atoms with Gasteiger partial charge in [0, 0.05) is 19.8 Å². The third-order valence-corrected chi connectivity index (χ3v) is 2.96. The predicted octanol–water partition coefficient (Wildman–Crippen LogP) is 4.05. The molecule has 0 N–H and O–H groups in total. The first kappa shape index (κ1) is 15.7. The molecule has 0 radical (unpaired) electrons. The number of carbonyl (C=O) groups excluding carboxylic acids is 1. The number of hydrogen-bond donors (Lipinski definition) is 0. The molecule has 2 heteroatoms. The van der Waals surface area contributed by atoms with E-state index in [1.165, 1.54) is 22.4 Å². The average molecular weight is 267 g/mol. The lowest BCUT2D eigenvalue weighted by Crippen LogP contribution is -2.07. The van der Waals surface area contributed by atoms with Gasteiger partial charge in [0.25, 0.3) is 0 Å². The Balaban J connectivity index is 0.000000956. The molecule has 0 aromatic heterocycles. The van der Waals surface area contributed by atoms with Crippen molar-refractivity contribution in [3.8, 4) is 0 Å². The van der Waals surface area contributed by atoms with Crippen LogP contribution in [0.25, 0.3) is 12.2 Å². The lowest BCUT2D eigenvalue weighted by molar-refractivity contribution is -0.0979. The van der Waals surface area contributed by atoms with Crippen LogP contribution in [0.3, 0.4) is 0 Å². The van der Waals surface area contributed by atoms with Crippen LogP contribution in [-0.2, 0) is 4.79 Å². The van der Waals surface area contributed by atoms with Crippen molar-refractivity contribution in [2.45, 2.75) is 6.92 Å². The molecule has 2 aromatic rings. The number of carbonyl (C=O) groups is 1. The fraction of sp³-hybridized carbons (Fsp3) is 0.167. The highest BCUT2D eigenvalue weighted by molar-refractivity contribution is 5.70. The van der Waals surface area contributed by atoms with Gasteiger partial charge >= 0.3 is 0 Å². The molecule has 0 aliphatic rings. The van der Waals surface area contributed by atoms with Crippen LogP contribution < -0.4 is 4.90 Å². The van der Waals surface area contributed by atoms with Gasteiger partial charge in [-0.05, 0) is 30.2 Å². The van der Waals surface area contributed by atoms with Crippen LogP contribution in [0.15, 0.2) is 48.5 Å². The Morgan fingerprint density at radius 1 is 0.800 bits per heavy atom. The number of nitrogens with zero attached hydrogens (tertiary/aromatic N) is 1. The Labute approximate surface area is 121 Å². The van der Waals surface area contributed by atoms with E-state index in [9.17, 15) is 0 Å². The van der Waals surface area contributed by atoms with E-state index in [-0.39, 0.29) is 0 Å². The molecule has 0 saturated carbocycles. The summed E-state index contributed by atoms with van der Waals surface area (Å²) in [6.07, 6.45) is 4.29. The molecule has 0 saturated heterocycles. The van der Waals surface area contributed by atoms with E-state index < -0.39 is 0 Å². The highest BCUT2D eigenvalue weighted by Gasteiger charge is 1.93. The molecule has 2 rings (SSSR count). The van der Waals surface area contributed by atoms with Crippen molar-refractivity contribution in [3.05, 3.63) is 65.2 Å². The average Bonchev–Trinajstić information content (AvgIpc) is 2.49. The van der Waals surface area contributed by atoms with Crippen molar-refractivity contribution < 1.29 is 4.79 Å². The SMILES string of the molecule is C=O.Cc1ccc(/C=C/c2ccc(N(C)C)cc2)cc1. The normalized spacial score (nSPS) is 9.95. The molecule has 0 bridgehead atoms. The summed E-state index contributed by atoms with van der Waals surface area (Å²) in [5.74, 6) is 0. The van der Waals surface area contributed by atoms with Crippen molar-refractivity contribution in [2.75, 3.05) is 19.0 Å². The molecule has 20 heavy (non-hydrogen) atoms. The van der Waals surface area contributed by atoms with E-state index >= 15 is 0 Å². The zero-order chi connectivity index (χ0) is 15.0. The van der Waals surface area contributed by atoms with Gasteiger partial charge in [-0.15, -0.1) is 0 Å². The summed E-state index contributed by atoms with van der Waals surface area (Å²) in [6.45, 7) is 4.10. The Morgan fingerprint density at radius 3 is 1.60 bits per heavy atom. The molecular weight excluding hydrogens is 246 g/mol. The molecule has 0 amide bonds. The van der Waals surface area contributed by atoms with E-state index in [0.29, 0.717) is 0 Å². The summed E-state index contributed by atoms with van der Waals surface area (Å²) in [5.41, 5.74) is 4.98. The van der Waals surface area contributed by atoms with Gasteiger partial charge in [0.15, 0.2) is 0 Å². The van der Waals surface area contributed by atoms with Gasteiger partial charge in [-0.1, -0.05) is 54.1 Å². The summed E-state index contributed by atoms with van der Waals surface area (Å²) in [6, 6.07) is 17.1. The second-order valence-corrected chi connectivity index (χ2v) is 4.73. The smallest absolute Gasteiger partial charge is 0.106 e. The number of aryl methyl sites for hydroxylation is 1. The number of rotatable bonds is 3. The molecular formula is C18H21NO. The fourth-order valence-corrected chi connectivity index (χ4v) is 1.75. The molecule has 0 heterocycles. The highest BCUT2D eigenvalue weighted by Crippen LogP contribution is 2.14. The van der Waals surface area contributed by atoms with Crippen molar-refractivity contribution in [2.24, 2.45) is 0 Å². The summed E-state index contributed by atoms with van der Waals surface area (Å²) in [7, 11) is 4.11. The van der Waals surface area contributed by atoms with E-state index in [4.69, 9.17) is 4.79 Å². The summed E-state index contributed by atoms with van der Waals surface area (Å²) >= 11 is 0. The minimum Gasteiger partial charge on any atom is -0.378 e. The van der Waals surface area contributed by atoms with Crippen LogP contribution in [-0.4, -0.2) is 20.9 Å². The first-order valence-electron chi connectivity index (χ1n) is 6.46. The first-order chi connectivity index (χ1) is 9.65. The van der Waals surface area contributed by atoms with Gasteiger partial charge in [0.1, 0.15) is 6.79 Å². The monoisotopic (exact) mass is 267 g/mol. The molecule has 0 unspecified atom stereocenters. The van der Waals surface area contributed by atoms with Crippen LogP contribution in [0.2, 0.25) is 0 Å². The first-order valence-corrected chi connectivity index (χ1v) is 6.46. The molecule has 104 valence electrons. The minimum atomic E-state index is 1.22. The molecule has 2 nitrogen and oxygen atoms in total. The standard InChI is InChI=1S/C17H19N.CH2O/c1-14-4-6-15(7-5-14)8-9-16-10-12-17(13-11-16)18(2)3;1-2/h4-13H,1-3H3;1H2/b9-8+;. The van der Waals surface area contributed by atoms with Crippen molar-refractivity contribution in [1.82, 2.24) is 0 Å². The second-order valence-electron chi connectivity index (χ2n) is 4.73. The van der Waals surface area contributed by atoms with Gasteiger partial charge in [0.05, 0.1) is 0 Å². The fourth-order valence-electron chi connectivity index (χ4n) is 1.75. The highest BCUT2D eigenvalue weighted by atomic mass is 16.1. The van der Waals surface area contributed by atoms with E-state index in [0.717, 1.165) is 0 Å². The van der Waals surface area contributed by atoms with Gasteiger partial charge < -0.3 is 9.69 Å². The van der Waals surface area contributed by atoms with Crippen LogP contribution in [0, 0.1) is 6.92 Å². The lowest BCUT2D eigenvalue weighted by atomic mass is 10.1. The Morgan fingerprint density at radius 2 is 1.20 bits per heavy atom. The number of hydrogen-bond acceptors (Lipinski definition) is 2. The zero-order valence-electron chi connectivity index (χ0n) is 12.3. The van der Waals surface area contributed by atoms with Crippen molar-refractivity contribution in [1.29, 1.82) is 0 Å². The van der Waals surface area contributed by atoms with E-state index in [1.54, 1.807) is 0 Å². The molecule has 0 spiro atoms. The summed E-state index contributed by atoms with van der Waals surface area (Å²) < 4.78 is 0. The van der Waals surface area contributed by atoms with Gasteiger partial charge in [-0.2, -0.15) is 0 Å². The van der Waals surface area contributed by atoms with E-state index in [1.807, 2.05) is 6.79 Å². The summed E-state index contributed by atoms with van der Waals surface area (Å²) in [4.78, 5) is 10.1. The van der Waals surface area contributed by atoms with Gasteiger partial charge in [0.2, 0.25) is 0 Å². The molecule has 0 atom stereocenters. The summed E-state index contributed by atoms with van der Waals surface area (Å²) in [5, 5.41) is 0. The van der Waals surface area contributed by atoms with Crippen LogP contribution in [0.1, 0.15) is 16.7 Å². The molecule has 0 aliphatic carbocycles. The minimum absolute atomic E-state index is 1.22. The maximum Gasteiger partial charge on any atom is 0.106 e. The zero-order valence-corrected chi connectivity index (χ0v) is 12.3. The topological polar surface area (TPSA) is 20.3 Å². The molecule has 2 aromatic carbocycles. The lowest BCUT2D eigenvalue weighted by Gasteiger charge is -2.11. The molecule has 0 aliphatic heterocycles. The Bertz CT molecular complexity index is 539. The number of anilines is 1. The van der Waals surface area contributed by atoms with Crippen LogP contribution >= 0.6 is 0 Å². The largest absolute Gasteiger partial charge is 0.378 e. The van der Waals surface area contributed by atoms with Crippen molar-refractivity contribution >= 4 is 24.6 Å². The molecule has 0 fully saturated rings. The Kier molecular flexibility index (Phi) is 6.24. The maximum atomic E-state index is 8.00. The quantitative estimate of drug-likeness (QED) is 0.782. The number of benzene rings is 2. The third kappa shape index (κ3) is 4.73. The van der Waals surface area contributed by atoms with Crippen molar-refractivity contribution in [3.63, 3.8) is 0 Å². The van der Waals surface area contributed by atoms with Crippen LogP contribution in [0.5, 0.6) is 0 Å². The second kappa shape index (κ2) is 7.95. The van der Waals surface area contributed by atoms with Gasteiger partial charge in [-0.3, -0.25) is 0 Å². The third-order valence-electron chi connectivity index (χ3n) is 2.96. The van der Waals surface area contributed by atoms with Gasteiger partial charge in [-0.25, -0.2) is 0 Å². The van der Waals surface area contributed by atoms with E-state index in [2.05, 4.69) is 86.6 Å². The van der Waals surface area contributed by atoms with Crippen LogP contribution in [0.4, 0.5) is 5.69 Å². The predicted molar refractivity (Wildman–Crippen MR) is 88.0 cm³/mol. The maximum absolute atomic E-state index is 8.00.